The molecule has 306 valence electrons. The average molecular weight is 805 g/mol. The minimum Gasteiger partial charge on any atom is -0.447 e. The summed E-state index contributed by atoms with van der Waals surface area (Å²) in [6, 6.07) is 25.9. The second-order valence-corrected chi connectivity index (χ2v) is 15.7. The molecule has 0 saturated heterocycles. The quantitative estimate of drug-likeness (QED) is 0.0571. The standard InChI is InChI=1S/C42H52N4O10S/c1-30(47)11-10-21-54-23-24-55-22-19-43-41(49)32(29-57(51,52)53)26-34(48)18-20-46-33(25-31-12-4-9-17-40(31)46)27-44(2)45(3)42(50)56-28-39-37-15-7-5-13-35(37)36-14-6-8-16-38(36)39/h4-9,12-17,25,32,39H,10-11,18-24,26-29H2,1-3H3,(H,43,49)(H,51,52,53)/t32-/m0/s1. The Balaban J connectivity index is 1.14. The van der Waals surface area contributed by atoms with Crippen LogP contribution < -0.4 is 5.32 Å². The van der Waals surface area contributed by atoms with Crippen molar-refractivity contribution >= 4 is 44.6 Å². The first kappa shape index (κ1) is 43.2. The monoisotopic (exact) mass is 804 g/mol. The third-order valence-electron chi connectivity index (χ3n) is 10.0. The van der Waals surface area contributed by atoms with Gasteiger partial charge in [-0.05, 0) is 53.1 Å². The number of carbonyl (C=O) groups excluding carboxylic acids is 4. The van der Waals surface area contributed by atoms with Gasteiger partial charge in [-0.3, -0.25) is 14.1 Å². The molecule has 1 aliphatic rings. The van der Waals surface area contributed by atoms with Gasteiger partial charge in [0, 0.05) is 70.2 Å². The van der Waals surface area contributed by atoms with E-state index in [4.69, 9.17) is 14.2 Å². The van der Waals surface area contributed by atoms with Crippen molar-refractivity contribution in [1.82, 2.24) is 19.9 Å². The SMILES string of the molecule is CC(=O)CCCOCCOCCNC(=O)[C@@H](CC(=O)CCn1c(CN(C)N(C)C(=O)OCC2c3ccccc3-c3ccccc32)cc2ccccc21)CS(=O)(=O)O. The highest BCUT2D eigenvalue weighted by Gasteiger charge is 2.30. The van der Waals surface area contributed by atoms with Crippen molar-refractivity contribution < 1.29 is 46.4 Å². The minimum atomic E-state index is -4.56. The number of aryl methyl sites for hydroxylation is 1. The second kappa shape index (κ2) is 20.5. The van der Waals surface area contributed by atoms with Crippen LogP contribution in [0.25, 0.3) is 22.0 Å². The summed E-state index contributed by atoms with van der Waals surface area (Å²) in [5.74, 6) is -3.22. The molecule has 0 fully saturated rings. The first-order valence-corrected chi connectivity index (χ1v) is 20.7. The first-order chi connectivity index (χ1) is 27.3. The highest BCUT2D eigenvalue weighted by atomic mass is 32.2. The fourth-order valence-electron chi connectivity index (χ4n) is 7.06. The van der Waals surface area contributed by atoms with Gasteiger partial charge in [0.2, 0.25) is 5.91 Å². The number of amides is 2. The number of ketones is 2. The van der Waals surface area contributed by atoms with E-state index in [0.717, 1.165) is 38.9 Å². The molecule has 0 bridgehead atoms. The largest absolute Gasteiger partial charge is 0.447 e. The molecule has 0 spiro atoms. The first-order valence-electron chi connectivity index (χ1n) is 19.1. The van der Waals surface area contributed by atoms with E-state index in [2.05, 4.69) is 29.6 Å². The van der Waals surface area contributed by atoms with Gasteiger partial charge in [0.1, 0.15) is 18.2 Å². The number of hydrogen-bond donors (Lipinski definition) is 2. The van der Waals surface area contributed by atoms with Crippen LogP contribution in [0, 0.1) is 5.92 Å². The normalized spacial score (nSPS) is 13.0. The van der Waals surface area contributed by atoms with E-state index >= 15 is 0 Å². The highest BCUT2D eigenvalue weighted by molar-refractivity contribution is 7.85. The molecule has 0 aliphatic heterocycles. The molecular weight excluding hydrogens is 753 g/mol. The van der Waals surface area contributed by atoms with Crippen LogP contribution in [0.15, 0.2) is 78.9 Å². The molecule has 2 N–H and O–H groups in total. The lowest BCUT2D eigenvalue weighted by molar-refractivity contribution is -0.129. The van der Waals surface area contributed by atoms with Crippen LogP contribution in [-0.4, -0.2) is 111 Å². The summed E-state index contributed by atoms with van der Waals surface area (Å²) >= 11 is 0. The van der Waals surface area contributed by atoms with E-state index in [1.54, 1.807) is 19.1 Å². The van der Waals surface area contributed by atoms with Crippen molar-refractivity contribution in [1.29, 1.82) is 0 Å². The van der Waals surface area contributed by atoms with Crippen molar-refractivity contribution in [3.63, 3.8) is 0 Å². The lowest BCUT2D eigenvalue weighted by Gasteiger charge is -2.28. The molecule has 3 aromatic carbocycles. The summed E-state index contributed by atoms with van der Waals surface area (Å²) in [7, 11) is -1.16. The van der Waals surface area contributed by atoms with Crippen LogP contribution in [-0.2, 0) is 51.8 Å². The fraction of sp³-hybridized carbons (Fsp3) is 0.429. The fourth-order valence-corrected chi connectivity index (χ4v) is 7.84. The Kier molecular flexibility index (Phi) is 15.5. The summed E-state index contributed by atoms with van der Waals surface area (Å²) < 4.78 is 51.8. The van der Waals surface area contributed by atoms with Crippen molar-refractivity contribution in [2.24, 2.45) is 5.92 Å². The lowest BCUT2D eigenvalue weighted by atomic mass is 9.98. The number of aromatic nitrogens is 1. The maximum atomic E-state index is 13.4. The van der Waals surface area contributed by atoms with Gasteiger partial charge in [0.15, 0.2) is 0 Å². The predicted octanol–water partition coefficient (Wildman–Crippen LogP) is 5.24. The molecule has 0 unspecified atom stereocenters. The summed E-state index contributed by atoms with van der Waals surface area (Å²) in [6.45, 7) is 3.44. The number of hydrogen-bond acceptors (Lipinski definition) is 10. The Morgan fingerprint density at radius 1 is 0.860 bits per heavy atom. The van der Waals surface area contributed by atoms with E-state index in [1.807, 2.05) is 59.2 Å². The van der Waals surface area contributed by atoms with Crippen molar-refractivity contribution in [2.45, 2.75) is 51.6 Å². The van der Waals surface area contributed by atoms with Crippen LogP contribution in [0.2, 0.25) is 0 Å². The maximum Gasteiger partial charge on any atom is 0.424 e. The molecule has 0 saturated carbocycles. The minimum absolute atomic E-state index is 0.0115. The number of ether oxygens (including phenoxy) is 3. The number of para-hydroxylation sites is 1. The molecule has 4 aromatic rings. The molecule has 1 aliphatic carbocycles. The summed E-state index contributed by atoms with van der Waals surface area (Å²) in [5.41, 5.74) is 6.20. The number of nitrogens with one attached hydrogen (secondary N) is 1. The van der Waals surface area contributed by atoms with E-state index in [9.17, 15) is 32.1 Å². The zero-order valence-corrected chi connectivity index (χ0v) is 33.5. The number of rotatable bonds is 23. The third kappa shape index (κ3) is 12.3. The maximum absolute atomic E-state index is 13.4. The molecule has 15 heteroatoms. The number of nitrogens with zero attached hydrogens (tertiary/aromatic N) is 3. The smallest absolute Gasteiger partial charge is 0.424 e. The summed E-state index contributed by atoms with van der Waals surface area (Å²) in [6.07, 6.45) is 0.164. The van der Waals surface area contributed by atoms with Gasteiger partial charge in [-0.2, -0.15) is 8.42 Å². The predicted molar refractivity (Wildman–Crippen MR) is 215 cm³/mol. The van der Waals surface area contributed by atoms with Gasteiger partial charge in [-0.15, -0.1) is 0 Å². The molecule has 1 atom stereocenters. The van der Waals surface area contributed by atoms with E-state index in [-0.39, 0.29) is 63.2 Å². The van der Waals surface area contributed by atoms with E-state index < -0.39 is 33.8 Å². The number of benzene rings is 3. The number of fused-ring (bicyclic) bond motifs is 4. The summed E-state index contributed by atoms with van der Waals surface area (Å²) in [5, 5.41) is 6.66. The average Bonchev–Trinajstić information content (AvgIpc) is 3.69. The summed E-state index contributed by atoms with van der Waals surface area (Å²) in [4.78, 5) is 50.6. The molecule has 14 nitrogen and oxygen atoms in total. The lowest BCUT2D eigenvalue weighted by Crippen LogP contribution is -2.41. The van der Waals surface area contributed by atoms with Crippen LogP contribution in [0.4, 0.5) is 4.79 Å². The molecular formula is C42H52N4O10S. The Morgan fingerprint density at radius 3 is 2.16 bits per heavy atom. The number of carbonyl (C=O) groups is 4. The Morgan fingerprint density at radius 2 is 1.49 bits per heavy atom. The van der Waals surface area contributed by atoms with Crippen molar-refractivity contribution in [2.75, 3.05) is 59.4 Å². The number of Topliss-reactive ketones (excluding diaryl/α,β-unsaturated/α-hetero) is 2. The van der Waals surface area contributed by atoms with Gasteiger partial charge in [0.05, 0.1) is 38.0 Å². The zero-order chi connectivity index (χ0) is 41.0. The van der Waals surface area contributed by atoms with Crippen molar-refractivity contribution in [3.8, 4) is 11.1 Å². The highest BCUT2D eigenvalue weighted by Crippen LogP contribution is 2.44. The van der Waals surface area contributed by atoms with E-state index in [0.29, 0.717) is 32.6 Å². The molecule has 1 aromatic heterocycles. The molecule has 0 radical (unpaired) electrons. The van der Waals surface area contributed by atoms with Crippen LogP contribution in [0.1, 0.15) is 55.3 Å². The molecule has 2 amide bonds. The van der Waals surface area contributed by atoms with Gasteiger partial charge in [0.25, 0.3) is 10.1 Å². The number of hydrazine groups is 1. The molecule has 1 heterocycles. The Hall–Kier alpha value is -4.93. The van der Waals surface area contributed by atoms with Crippen LogP contribution in [0.3, 0.4) is 0 Å². The Labute approximate surface area is 333 Å². The van der Waals surface area contributed by atoms with Crippen molar-refractivity contribution in [3.05, 3.63) is 95.7 Å². The van der Waals surface area contributed by atoms with Gasteiger partial charge in [-0.25, -0.2) is 14.8 Å². The van der Waals surface area contributed by atoms with Crippen LogP contribution >= 0.6 is 0 Å². The molecule has 57 heavy (non-hydrogen) atoms. The zero-order valence-electron chi connectivity index (χ0n) is 32.7. The second-order valence-electron chi connectivity index (χ2n) is 14.2. The topological polar surface area (TPSA) is 174 Å². The third-order valence-corrected chi connectivity index (χ3v) is 10.8. The van der Waals surface area contributed by atoms with Gasteiger partial charge < -0.3 is 28.9 Å². The van der Waals surface area contributed by atoms with E-state index in [1.165, 1.54) is 11.9 Å². The van der Waals surface area contributed by atoms with Gasteiger partial charge in [-0.1, -0.05) is 66.7 Å². The van der Waals surface area contributed by atoms with Crippen LogP contribution in [0.5, 0.6) is 0 Å². The Bertz CT molecular complexity index is 2090. The van der Waals surface area contributed by atoms with Gasteiger partial charge >= 0.3 is 6.09 Å². The molecule has 5 rings (SSSR count).